The van der Waals surface area contributed by atoms with Gasteiger partial charge in [0.05, 0.1) is 23.4 Å². The Balaban J connectivity index is 1.86. The fourth-order valence-electron chi connectivity index (χ4n) is 3.05. The number of benzene rings is 3. The summed E-state index contributed by atoms with van der Waals surface area (Å²) in [5, 5.41) is 28.3. The third-order valence-electron chi connectivity index (χ3n) is 5.13. The van der Waals surface area contributed by atoms with Crippen LogP contribution in [0.2, 0.25) is 0 Å². The SMILES string of the molecule is CCN(C)c1ccc(N=Nc2cc(C)c(N=Nc3ccc(C)cc3[N+](=O)[O-])cc2OC)cc1. The molecule has 0 heterocycles. The molecule has 0 unspecified atom stereocenters. The quantitative estimate of drug-likeness (QED) is 0.203. The summed E-state index contributed by atoms with van der Waals surface area (Å²) >= 11 is 0. The molecule has 0 amide bonds. The van der Waals surface area contributed by atoms with Crippen molar-refractivity contribution in [3.05, 3.63) is 75.8 Å². The van der Waals surface area contributed by atoms with Gasteiger partial charge in [0, 0.05) is 31.4 Å². The average molecular weight is 447 g/mol. The summed E-state index contributed by atoms with van der Waals surface area (Å²) in [5.74, 6) is 0.471. The molecule has 170 valence electrons. The number of nitrogens with zero attached hydrogens (tertiary/aromatic N) is 6. The summed E-state index contributed by atoms with van der Waals surface area (Å²) in [6.45, 7) is 6.64. The van der Waals surface area contributed by atoms with E-state index in [1.54, 1.807) is 31.2 Å². The predicted octanol–water partition coefficient (Wildman–Crippen LogP) is 7.51. The normalized spacial score (nSPS) is 11.3. The first kappa shape index (κ1) is 23.5. The number of nitro benzene ring substituents is 1. The first-order chi connectivity index (χ1) is 15.8. The number of aryl methyl sites for hydroxylation is 2. The van der Waals surface area contributed by atoms with Gasteiger partial charge in [0.2, 0.25) is 0 Å². The standard InChI is InChI=1S/C24H26N6O3/c1-6-29(4)19-10-8-18(9-11-19)25-28-22-14-17(3)21(15-24(22)33-5)27-26-20-12-7-16(2)13-23(20)30(31)32/h7-15H,6H2,1-5H3. The molecule has 0 bridgehead atoms. The van der Waals surface area contributed by atoms with Crippen molar-refractivity contribution in [2.24, 2.45) is 20.5 Å². The summed E-state index contributed by atoms with van der Waals surface area (Å²) in [7, 11) is 3.56. The van der Waals surface area contributed by atoms with E-state index in [0.717, 1.165) is 29.0 Å². The van der Waals surface area contributed by atoms with Gasteiger partial charge in [-0.05, 0) is 68.3 Å². The Morgan fingerprint density at radius 1 is 0.909 bits per heavy atom. The van der Waals surface area contributed by atoms with Crippen molar-refractivity contribution in [2.45, 2.75) is 20.8 Å². The van der Waals surface area contributed by atoms with Gasteiger partial charge in [-0.15, -0.1) is 15.3 Å². The summed E-state index contributed by atoms with van der Waals surface area (Å²) in [6, 6.07) is 16.1. The maximum atomic E-state index is 11.3. The van der Waals surface area contributed by atoms with E-state index in [1.165, 1.54) is 13.2 Å². The van der Waals surface area contributed by atoms with Crippen LogP contribution in [0.25, 0.3) is 0 Å². The molecule has 0 aliphatic rings. The van der Waals surface area contributed by atoms with Crippen molar-refractivity contribution in [3.8, 4) is 5.75 Å². The van der Waals surface area contributed by atoms with Crippen molar-refractivity contribution in [3.63, 3.8) is 0 Å². The molecule has 0 spiro atoms. The summed E-state index contributed by atoms with van der Waals surface area (Å²) in [4.78, 5) is 13.0. The van der Waals surface area contributed by atoms with E-state index >= 15 is 0 Å². The molecule has 9 heteroatoms. The third kappa shape index (κ3) is 5.76. The van der Waals surface area contributed by atoms with Crippen molar-refractivity contribution < 1.29 is 9.66 Å². The van der Waals surface area contributed by atoms with E-state index in [4.69, 9.17) is 4.74 Å². The molecule has 0 saturated carbocycles. The Kier molecular flexibility index (Phi) is 7.45. The van der Waals surface area contributed by atoms with Crippen molar-refractivity contribution in [1.82, 2.24) is 0 Å². The largest absolute Gasteiger partial charge is 0.494 e. The van der Waals surface area contributed by atoms with Crippen LogP contribution in [0.1, 0.15) is 18.1 Å². The number of nitro groups is 1. The molecular weight excluding hydrogens is 420 g/mol. The molecule has 0 radical (unpaired) electrons. The van der Waals surface area contributed by atoms with Crippen LogP contribution in [-0.4, -0.2) is 25.6 Å². The number of methoxy groups -OCH3 is 1. The Labute approximate surface area is 192 Å². The molecule has 0 aliphatic heterocycles. The smallest absolute Gasteiger partial charge is 0.296 e. The molecule has 3 aromatic rings. The van der Waals surface area contributed by atoms with Crippen LogP contribution in [0.3, 0.4) is 0 Å². The van der Waals surface area contributed by atoms with E-state index in [0.29, 0.717) is 17.1 Å². The lowest BCUT2D eigenvalue weighted by Crippen LogP contribution is -2.15. The number of rotatable bonds is 8. The van der Waals surface area contributed by atoms with Gasteiger partial charge in [0.1, 0.15) is 11.4 Å². The van der Waals surface area contributed by atoms with E-state index in [9.17, 15) is 10.1 Å². The molecule has 0 fully saturated rings. The molecular formula is C24H26N6O3. The lowest BCUT2D eigenvalue weighted by Gasteiger charge is -2.16. The molecule has 3 aromatic carbocycles. The van der Waals surface area contributed by atoms with E-state index in [2.05, 4.69) is 32.3 Å². The Morgan fingerprint density at radius 2 is 1.58 bits per heavy atom. The van der Waals surface area contributed by atoms with Gasteiger partial charge in [-0.2, -0.15) is 5.11 Å². The van der Waals surface area contributed by atoms with Crippen LogP contribution in [0.4, 0.5) is 34.1 Å². The Morgan fingerprint density at radius 3 is 2.21 bits per heavy atom. The summed E-state index contributed by atoms with van der Waals surface area (Å²) < 4.78 is 5.45. The van der Waals surface area contributed by atoms with Gasteiger partial charge >= 0.3 is 0 Å². The minimum Gasteiger partial charge on any atom is -0.494 e. The molecule has 3 rings (SSSR count). The number of ether oxygens (including phenoxy) is 1. The fraction of sp³-hybridized carbons (Fsp3) is 0.250. The number of anilines is 1. The predicted molar refractivity (Wildman–Crippen MR) is 129 cm³/mol. The minimum atomic E-state index is -0.467. The van der Waals surface area contributed by atoms with Crippen molar-refractivity contribution in [1.29, 1.82) is 0 Å². The molecule has 0 aromatic heterocycles. The van der Waals surface area contributed by atoms with Crippen LogP contribution < -0.4 is 9.64 Å². The Bertz CT molecular complexity index is 1210. The van der Waals surface area contributed by atoms with E-state index in [1.807, 2.05) is 38.2 Å². The molecule has 9 nitrogen and oxygen atoms in total. The first-order valence-corrected chi connectivity index (χ1v) is 10.4. The van der Waals surface area contributed by atoms with Crippen LogP contribution in [0.15, 0.2) is 75.1 Å². The van der Waals surface area contributed by atoms with Crippen LogP contribution >= 0.6 is 0 Å². The highest BCUT2D eigenvalue weighted by Gasteiger charge is 2.14. The highest BCUT2D eigenvalue weighted by Crippen LogP contribution is 2.37. The summed E-state index contributed by atoms with van der Waals surface area (Å²) in [6.07, 6.45) is 0. The maximum Gasteiger partial charge on any atom is 0.296 e. The zero-order valence-corrected chi connectivity index (χ0v) is 19.3. The second kappa shape index (κ2) is 10.4. The van der Waals surface area contributed by atoms with Crippen molar-refractivity contribution in [2.75, 3.05) is 25.6 Å². The highest BCUT2D eigenvalue weighted by atomic mass is 16.6. The average Bonchev–Trinajstić information content (AvgIpc) is 2.82. The first-order valence-electron chi connectivity index (χ1n) is 10.4. The van der Waals surface area contributed by atoms with Crippen LogP contribution in [-0.2, 0) is 0 Å². The number of hydrogen-bond acceptors (Lipinski definition) is 8. The fourth-order valence-corrected chi connectivity index (χ4v) is 3.05. The van der Waals surface area contributed by atoms with Gasteiger partial charge in [-0.3, -0.25) is 10.1 Å². The lowest BCUT2D eigenvalue weighted by atomic mass is 10.1. The second-order valence-corrected chi connectivity index (χ2v) is 7.49. The number of azo groups is 2. The van der Waals surface area contributed by atoms with E-state index in [-0.39, 0.29) is 11.4 Å². The van der Waals surface area contributed by atoms with Gasteiger partial charge in [-0.1, -0.05) is 6.07 Å². The number of hydrogen-bond donors (Lipinski definition) is 0. The van der Waals surface area contributed by atoms with Crippen molar-refractivity contribution >= 4 is 34.1 Å². The van der Waals surface area contributed by atoms with Gasteiger partial charge in [-0.25, -0.2) is 0 Å². The summed E-state index contributed by atoms with van der Waals surface area (Å²) in [5.41, 5.74) is 4.54. The zero-order valence-electron chi connectivity index (χ0n) is 19.3. The van der Waals surface area contributed by atoms with E-state index < -0.39 is 4.92 Å². The molecule has 0 N–H and O–H groups in total. The molecule has 33 heavy (non-hydrogen) atoms. The lowest BCUT2D eigenvalue weighted by molar-refractivity contribution is -0.384. The third-order valence-corrected chi connectivity index (χ3v) is 5.13. The molecule has 0 atom stereocenters. The van der Waals surface area contributed by atoms with Gasteiger partial charge < -0.3 is 9.64 Å². The molecule has 0 saturated heterocycles. The monoisotopic (exact) mass is 446 g/mol. The van der Waals surface area contributed by atoms with Crippen LogP contribution in [0.5, 0.6) is 5.75 Å². The van der Waals surface area contributed by atoms with Gasteiger partial charge in [0.25, 0.3) is 5.69 Å². The second-order valence-electron chi connectivity index (χ2n) is 7.49. The topological polar surface area (TPSA) is 105 Å². The highest BCUT2D eigenvalue weighted by molar-refractivity contribution is 5.64. The minimum absolute atomic E-state index is 0.0927. The zero-order chi connectivity index (χ0) is 24.0. The molecule has 0 aliphatic carbocycles. The Hall–Kier alpha value is -4.14. The van der Waals surface area contributed by atoms with Gasteiger partial charge in [0.15, 0.2) is 5.69 Å². The maximum absolute atomic E-state index is 11.3. The van der Waals surface area contributed by atoms with Crippen LogP contribution in [0, 0.1) is 24.0 Å².